The summed E-state index contributed by atoms with van der Waals surface area (Å²) >= 11 is 0. The summed E-state index contributed by atoms with van der Waals surface area (Å²) in [7, 11) is -4.04. The van der Waals surface area contributed by atoms with E-state index in [-0.39, 0.29) is 36.9 Å². The molecule has 1 aliphatic heterocycles. The normalized spacial score (nSPS) is 15.1. The topological polar surface area (TPSA) is 146 Å². The number of benzene rings is 1. The fourth-order valence-electron chi connectivity index (χ4n) is 3.04. The number of amides is 2. The highest BCUT2D eigenvalue weighted by Gasteiger charge is 2.25. The van der Waals surface area contributed by atoms with Crippen molar-refractivity contribution in [2.75, 3.05) is 46.0 Å². The Hall–Kier alpha value is -2.69. The fraction of sp³-hybridized carbons (Fsp3) is 0.524. The predicted molar refractivity (Wildman–Crippen MR) is 119 cm³/mol. The number of carbonyl (C=O) groups is 2. The van der Waals surface area contributed by atoms with Crippen molar-refractivity contribution in [1.82, 2.24) is 20.4 Å². The second-order valence-electron chi connectivity index (χ2n) is 7.22. The summed E-state index contributed by atoms with van der Waals surface area (Å²) in [4.78, 5) is 25.9. The Morgan fingerprint density at radius 2 is 1.94 bits per heavy atom. The second-order valence-corrected chi connectivity index (χ2v) is 8.93. The summed E-state index contributed by atoms with van der Waals surface area (Å²) in [6.07, 6.45) is 0.390. The van der Waals surface area contributed by atoms with Crippen LogP contribution in [0.1, 0.15) is 19.8 Å². The van der Waals surface area contributed by atoms with Gasteiger partial charge in [-0.25, -0.2) is 13.9 Å². The van der Waals surface area contributed by atoms with Gasteiger partial charge in [-0.1, -0.05) is 5.92 Å². The number of hydrogen-bond acceptors (Lipinski definition) is 8. The molecular weight excluding hydrogens is 452 g/mol. The van der Waals surface area contributed by atoms with Crippen molar-refractivity contribution in [1.29, 1.82) is 0 Å². The lowest BCUT2D eigenvalue weighted by Crippen LogP contribution is -2.46. The van der Waals surface area contributed by atoms with Crippen LogP contribution in [0.4, 0.5) is 0 Å². The molecule has 1 unspecified atom stereocenters. The molecule has 0 aliphatic carbocycles. The van der Waals surface area contributed by atoms with E-state index in [1.165, 1.54) is 29.7 Å². The third-order valence-corrected chi connectivity index (χ3v) is 6.30. The molecule has 11 nitrogen and oxygen atoms in total. The summed E-state index contributed by atoms with van der Waals surface area (Å²) in [5, 5.41) is 11.7. The van der Waals surface area contributed by atoms with Crippen LogP contribution in [0.2, 0.25) is 0 Å². The maximum atomic E-state index is 12.7. The van der Waals surface area contributed by atoms with Gasteiger partial charge in [-0.2, -0.15) is 4.72 Å². The number of ether oxygens (including phenoxy) is 2. The molecule has 1 aromatic rings. The molecule has 0 saturated carbocycles. The Balaban J connectivity index is 1.85. The number of rotatable bonds is 12. The van der Waals surface area contributed by atoms with Crippen LogP contribution in [0, 0.1) is 11.8 Å². The van der Waals surface area contributed by atoms with Gasteiger partial charge in [0, 0.05) is 19.6 Å². The van der Waals surface area contributed by atoms with Crippen LogP contribution in [0.15, 0.2) is 29.2 Å². The smallest absolute Gasteiger partial charge is 0.261 e. The lowest BCUT2D eigenvalue weighted by molar-refractivity contribution is -0.131. The van der Waals surface area contributed by atoms with Gasteiger partial charge in [0.05, 0.1) is 24.7 Å². The lowest BCUT2D eigenvalue weighted by atomic mass is 10.1. The van der Waals surface area contributed by atoms with Crippen molar-refractivity contribution in [2.24, 2.45) is 0 Å². The Kier molecular flexibility index (Phi) is 11.1. The van der Waals surface area contributed by atoms with Gasteiger partial charge in [-0.05, 0) is 44.0 Å². The van der Waals surface area contributed by atoms with Crippen molar-refractivity contribution in [3.05, 3.63) is 24.3 Å². The average molecular weight is 483 g/mol. The maximum absolute atomic E-state index is 12.7. The van der Waals surface area contributed by atoms with Crippen LogP contribution in [0.3, 0.4) is 0 Å². The SMILES string of the molecule is CC#CCOc1ccc(S(=O)(=O)NC(CCCNC(=O)CN2CCOCC2)C(=O)NO)cc1. The van der Waals surface area contributed by atoms with E-state index in [2.05, 4.69) is 21.9 Å². The monoisotopic (exact) mass is 482 g/mol. The number of carbonyl (C=O) groups excluding carboxylic acids is 2. The summed E-state index contributed by atoms with van der Waals surface area (Å²) < 4.78 is 38.2. The van der Waals surface area contributed by atoms with E-state index in [0.717, 1.165) is 0 Å². The zero-order chi connectivity index (χ0) is 24.1. The highest BCUT2D eigenvalue weighted by molar-refractivity contribution is 7.89. The molecule has 12 heteroatoms. The first-order chi connectivity index (χ1) is 15.9. The third kappa shape index (κ3) is 9.37. The molecule has 4 N–H and O–H groups in total. The molecule has 2 amide bonds. The molecule has 1 saturated heterocycles. The van der Waals surface area contributed by atoms with Gasteiger partial charge in [0.15, 0.2) is 0 Å². The van der Waals surface area contributed by atoms with Gasteiger partial charge >= 0.3 is 0 Å². The minimum Gasteiger partial charge on any atom is -0.481 e. The number of nitrogens with one attached hydrogen (secondary N) is 3. The number of morpholine rings is 1. The van der Waals surface area contributed by atoms with Crippen molar-refractivity contribution < 1.29 is 32.7 Å². The Labute approximate surface area is 193 Å². The summed E-state index contributed by atoms with van der Waals surface area (Å²) in [5.41, 5.74) is 1.48. The largest absolute Gasteiger partial charge is 0.481 e. The first-order valence-corrected chi connectivity index (χ1v) is 12.0. The third-order valence-electron chi connectivity index (χ3n) is 4.81. The molecule has 1 aliphatic rings. The molecule has 33 heavy (non-hydrogen) atoms. The minimum absolute atomic E-state index is 0.0639. The maximum Gasteiger partial charge on any atom is 0.261 e. The molecular formula is C21H30N4O7S. The highest BCUT2D eigenvalue weighted by Crippen LogP contribution is 2.16. The second kappa shape index (κ2) is 13.8. The first kappa shape index (κ1) is 26.6. The number of hydrogen-bond donors (Lipinski definition) is 4. The quantitative estimate of drug-likeness (QED) is 0.135. The Morgan fingerprint density at radius 1 is 1.24 bits per heavy atom. The summed E-state index contributed by atoms with van der Waals surface area (Å²) in [6, 6.07) is 4.44. The van der Waals surface area contributed by atoms with Crippen molar-refractivity contribution >= 4 is 21.8 Å². The van der Waals surface area contributed by atoms with E-state index in [1.807, 2.05) is 4.90 Å². The zero-order valence-corrected chi connectivity index (χ0v) is 19.3. The molecule has 0 spiro atoms. The van der Waals surface area contributed by atoms with Gasteiger partial charge in [-0.3, -0.25) is 19.7 Å². The molecule has 0 radical (unpaired) electrons. The Bertz CT molecular complexity index is 936. The predicted octanol–water partition coefficient (Wildman–Crippen LogP) is -0.530. The van der Waals surface area contributed by atoms with Crippen LogP contribution in [0.25, 0.3) is 0 Å². The van der Waals surface area contributed by atoms with E-state index in [9.17, 15) is 18.0 Å². The zero-order valence-electron chi connectivity index (χ0n) is 18.5. The number of sulfonamides is 1. The van der Waals surface area contributed by atoms with Gasteiger partial charge in [0.2, 0.25) is 15.9 Å². The number of nitrogens with zero attached hydrogens (tertiary/aromatic N) is 1. The molecule has 2 rings (SSSR count). The standard InChI is InChI=1S/C21H30N4O7S/c1-2-3-13-32-17-6-8-18(9-7-17)33(29,30)24-19(21(27)23-28)5-4-10-22-20(26)16-25-11-14-31-15-12-25/h6-9,19,24,28H,4-5,10-16H2,1H3,(H,22,26)(H,23,27). The lowest BCUT2D eigenvalue weighted by Gasteiger charge is -2.25. The van der Waals surface area contributed by atoms with Gasteiger partial charge in [0.1, 0.15) is 18.4 Å². The molecule has 182 valence electrons. The van der Waals surface area contributed by atoms with Crippen molar-refractivity contribution in [3.8, 4) is 17.6 Å². The molecule has 1 aromatic carbocycles. The van der Waals surface area contributed by atoms with Crippen LogP contribution >= 0.6 is 0 Å². The van der Waals surface area contributed by atoms with Gasteiger partial charge < -0.3 is 14.8 Å². The van der Waals surface area contributed by atoms with E-state index in [0.29, 0.717) is 38.5 Å². The minimum atomic E-state index is -4.04. The molecule has 0 aromatic heterocycles. The fourth-order valence-corrected chi connectivity index (χ4v) is 4.27. The average Bonchev–Trinajstić information content (AvgIpc) is 2.81. The van der Waals surface area contributed by atoms with Crippen LogP contribution < -0.4 is 20.3 Å². The van der Waals surface area contributed by atoms with E-state index >= 15 is 0 Å². The molecule has 0 bridgehead atoms. The highest BCUT2D eigenvalue weighted by atomic mass is 32.2. The summed E-state index contributed by atoms with van der Waals surface area (Å²) in [5.74, 6) is 4.82. The first-order valence-electron chi connectivity index (χ1n) is 10.5. The number of hydroxylamine groups is 1. The molecule has 1 fully saturated rings. The summed E-state index contributed by atoms with van der Waals surface area (Å²) in [6.45, 7) is 4.94. The Morgan fingerprint density at radius 3 is 2.58 bits per heavy atom. The van der Waals surface area contributed by atoms with Crippen LogP contribution in [-0.2, 0) is 24.3 Å². The van der Waals surface area contributed by atoms with E-state index < -0.39 is 22.0 Å². The molecule has 1 heterocycles. The van der Waals surface area contributed by atoms with E-state index in [4.69, 9.17) is 14.7 Å². The van der Waals surface area contributed by atoms with E-state index in [1.54, 1.807) is 6.92 Å². The van der Waals surface area contributed by atoms with Crippen molar-refractivity contribution in [3.63, 3.8) is 0 Å². The van der Waals surface area contributed by atoms with Crippen LogP contribution in [-0.4, -0.2) is 82.4 Å². The molecule has 1 atom stereocenters. The van der Waals surface area contributed by atoms with Crippen molar-refractivity contribution in [2.45, 2.75) is 30.7 Å². The van der Waals surface area contributed by atoms with Gasteiger partial charge in [-0.15, -0.1) is 5.92 Å². The van der Waals surface area contributed by atoms with Gasteiger partial charge in [0.25, 0.3) is 5.91 Å². The van der Waals surface area contributed by atoms with Crippen LogP contribution in [0.5, 0.6) is 5.75 Å².